The summed E-state index contributed by atoms with van der Waals surface area (Å²) in [7, 11) is 0. The van der Waals surface area contributed by atoms with E-state index in [1.807, 2.05) is 45.0 Å². The molecule has 1 aliphatic rings. The zero-order valence-electron chi connectivity index (χ0n) is 23.2. The lowest BCUT2D eigenvalue weighted by Gasteiger charge is -2.33. The van der Waals surface area contributed by atoms with Crippen molar-refractivity contribution in [2.75, 3.05) is 25.0 Å². The van der Waals surface area contributed by atoms with Crippen molar-refractivity contribution < 1.29 is 23.8 Å². The molecule has 1 aromatic heterocycles. The van der Waals surface area contributed by atoms with Gasteiger partial charge in [-0.1, -0.05) is 6.58 Å². The quantitative estimate of drug-likeness (QED) is 0.384. The molecular weight excluding hydrogens is 496 g/mol. The summed E-state index contributed by atoms with van der Waals surface area (Å²) in [6.07, 6.45) is 1.27. The molecule has 2 aromatic carbocycles. The van der Waals surface area contributed by atoms with Crippen LogP contribution in [0.2, 0.25) is 0 Å². The molecule has 206 valence electrons. The van der Waals surface area contributed by atoms with E-state index in [9.17, 15) is 15.2 Å². The Morgan fingerprint density at radius 3 is 2.46 bits per heavy atom. The molecule has 1 saturated heterocycles. The van der Waals surface area contributed by atoms with Gasteiger partial charge in [0.25, 0.3) is 0 Å². The second kappa shape index (κ2) is 11.1. The van der Waals surface area contributed by atoms with E-state index in [-0.39, 0.29) is 12.2 Å². The molecule has 9 heteroatoms. The standard InChI is InChI=1S/C30H36N4O5/c1-19(18-37-23-11-13-34(14-12-23)28(35)39-29(2,3)4)32-22-9-7-21(8-10-22)27-33-25-16-20(17-31)15-24(26(25)38-27)30(5,6)36/h7-10,15-16,23,32,36H,1,11-14,18H2,2-6H3. The molecule has 1 aliphatic heterocycles. The molecule has 2 heterocycles. The van der Waals surface area contributed by atoms with Gasteiger partial charge < -0.3 is 29.2 Å². The number of aliphatic hydroxyl groups is 1. The molecule has 1 amide bonds. The molecule has 4 rings (SSSR count). The lowest BCUT2D eigenvalue weighted by molar-refractivity contribution is -0.00582. The number of fused-ring (bicyclic) bond motifs is 1. The summed E-state index contributed by atoms with van der Waals surface area (Å²) in [5.41, 5.74) is 2.53. The van der Waals surface area contributed by atoms with Gasteiger partial charge >= 0.3 is 6.09 Å². The van der Waals surface area contributed by atoms with Crippen molar-refractivity contribution in [2.24, 2.45) is 0 Å². The number of carbonyl (C=O) groups excluding carboxylic acids is 1. The third-order valence-corrected chi connectivity index (χ3v) is 6.32. The number of nitriles is 1. The van der Waals surface area contributed by atoms with Crippen LogP contribution in [0.3, 0.4) is 0 Å². The number of likely N-dealkylation sites (tertiary alicyclic amines) is 1. The third-order valence-electron chi connectivity index (χ3n) is 6.32. The van der Waals surface area contributed by atoms with E-state index in [4.69, 9.17) is 13.9 Å². The third kappa shape index (κ3) is 7.16. The predicted octanol–water partition coefficient (Wildman–Crippen LogP) is 5.94. The summed E-state index contributed by atoms with van der Waals surface area (Å²) in [6, 6.07) is 12.9. The normalized spacial score (nSPS) is 14.7. The van der Waals surface area contributed by atoms with Crippen LogP contribution >= 0.6 is 0 Å². The molecule has 39 heavy (non-hydrogen) atoms. The molecule has 3 aromatic rings. The smallest absolute Gasteiger partial charge is 0.410 e. The number of rotatable bonds is 7. The highest BCUT2D eigenvalue weighted by atomic mass is 16.6. The number of anilines is 1. The van der Waals surface area contributed by atoms with Crippen LogP contribution in [0.4, 0.5) is 10.5 Å². The lowest BCUT2D eigenvalue weighted by atomic mass is 9.95. The Bertz CT molecular complexity index is 1380. The Morgan fingerprint density at radius 2 is 1.87 bits per heavy atom. The summed E-state index contributed by atoms with van der Waals surface area (Å²) in [4.78, 5) is 18.5. The number of aromatic nitrogens is 1. The SMILES string of the molecule is C=C(COC1CCN(C(=O)OC(C)(C)C)CC1)Nc1ccc(-c2nc3cc(C#N)cc(C(C)(C)O)c3o2)cc1. The van der Waals surface area contributed by atoms with Crippen LogP contribution in [0.15, 0.2) is 53.1 Å². The number of benzene rings is 2. The number of hydrogen-bond donors (Lipinski definition) is 2. The van der Waals surface area contributed by atoms with Crippen molar-refractivity contribution in [1.29, 1.82) is 5.26 Å². The average Bonchev–Trinajstić information content (AvgIpc) is 3.30. The van der Waals surface area contributed by atoms with Gasteiger partial charge in [-0.05, 0) is 83.9 Å². The Labute approximate surface area is 229 Å². The maximum absolute atomic E-state index is 12.2. The highest BCUT2D eigenvalue weighted by Gasteiger charge is 2.27. The van der Waals surface area contributed by atoms with E-state index >= 15 is 0 Å². The van der Waals surface area contributed by atoms with E-state index < -0.39 is 11.2 Å². The first-order valence-corrected chi connectivity index (χ1v) is 13.0. The van der Waals surface area contributed by atoms with Gasteiger partial charge in [-0.3, -0.25) is 0 Å². The van der Waals surface area contributed by atoms with Gasteiger partial charge in [0, 0.05) is 35.6 Å². The average molecular weight is 533 g/mol. The van der Waals surface area contributed by atoms with Gasteiger partial charge in [-0.2, -0.15) is 5.26 Å². The van der Waals surface area contributed by atoms with Gasteiger partial charge in [0.05, 0.1) is 29.9 Å². The summed E-state index contributed by atoms with van der Waals surface area (Å²) in [5.74, 6) is 0.400. The van der Waals surface area contributed by atoms with Crippen molar-refractivity contribution >= 4 is 22.9 Å². The van der Waals surface area contributed by atoms with E-state index in [2.05, 4.69) is 22.9 Å². The first kappa shape index (κ1) is 28.1. The Kier molecular flexibility index (Phi) is 8.00. The predicted molar refractivity (Wildman–Crippen MR) is 149 cm³/mol. The van der Waals surface area contributed by atoms with Crippen molar-refractivity contribution in [3.8, 4) is 17.5 Å². The van der Waals surface area contributed by atoms with Crippen molar-refractivity contribution in [3.63, 3.8) is 0 Å². The minimum Gasteiger partial charge on any atom is -0.444 e. The topological polar surface area (TPSA) is 121 Å². The molecule has 0 unspecified atom stereocenters. The molecule has 0 bridgehead atoms. The first-order chi connectivity index (χ1) is 18.3. The monoisotopic (exact) mass is 532 g/mol. The molecule has 9 nitrogen and oxygen atoms in total. The number of hydrogen-bond acceptors (Lipinski definition) is 8. The van der Waals surface area contributed by atoms with Gasteiger partial charge in [-0.25, -0.2) is 9.78 Å². The molecule has 1 fully saturated rings. The van der Waals surface area contributed by atoms with E-state index in [1.165, 1.54) is 0 Å². The van der Waals surface area contributed by atoms with E-state index in [0.29, 0.717) is 47.8 Å². The van der Waals surface area contributed by atoms with Crippen LogP contribution in [0.1, 0.15) is 58.6 Å². The van der Waals surface area contributed by atoms with Gasteiger partial charge in [0.1, 0.15) is 11.1 Å². The molecule has 2 N–H and O–H groups in total. The highest BCUT2D eigenvalue weighted by Crippen LogP contribution is 2.33. The Hall–Kier alpha value is -3.87. The van der Waals surface area contributed by atoms with Crippen LogP contribution in [0.25, 0.3) is 22.6 Å². The molecule has 0 atom stereocenters. The minimum absolute atomic E-state index is 0.0547. The zero-order valence-corrected chi connectivity index (χ0v) is 23.2. The highest BCUT2D eigenvalue weighted by molar-refractivity contribution is 5.82. The van der Waals surface area contributed by atoms with E-state index in [1.54, 1.807) is 30.9 Å². The molecule has 0 spiro atoms. The summed E-state index contributed by atoms with van der Waals surface area (Å²) in [6.45, 7) is 14.5. The lowest BCUT2D eigenvalue weighted by Crippen LogP contribution is -2.43. The first-order valence-electron chi connectivity index (χ1n) is 13.0. The Balaban J connectivity index is 1.32. The van der Waals surface area contributed by atoms with Gasteiger partial charge in [0.2, 0.25) is 5.89 Å². The van der Waals surface area contributed by atoms with Gasteiger partial charge in [-0.15, -0.1) is 0 Å². The summed E-state index contributed by atoms with van der Waals surface area (Å²) >= 11 is 0. The molecule has 0 aliphatic carbocycles. The molecule has 0 saturated carbocycles. The van der Waals surface area contributed by atoms with Crippen LogP contribution in [-0.2, 0) is 15.1 Å². The number of carbonyl (C=O) groups is 1. The van der Waals surface area contributed by atoms with Gasteiger partial charge in [0.15, 0.2) is 5.58 Å². The zero-order chi connectivity index (χ0) is 28.4. The number of nitrogens with one attached hydrogen (secondary N) is 1. The van der Waals surface area contributed by atoms with Crippen LogP contribution in [0.5, 0.6) is 0 Å². The number of piperidine rings is 1. The molecule has 0 radical (unpaired) electrons. The van der Waals surface area contributed by atoms with Crippen LogP contribution < -0.4 is 5.32 Å². The largest absolute Gasteiger partial charge is 0.444 e. The number of ether oxygens (including phenoxy) is 2. The van der Waals surface area contributed by atoms with Crippen molar-refractivity contribution in [3.05, 3.63) is 59.8 Å². The number of amides is 1. The molecular formula is C30H36N4O5. The minimum atomic E-state index is -1.19. The van der Waals surface area contributed by atoms with E-state index in [0.717, 1.165) is 29.8 Å². The fourth-order valence-electron chi connectivity index (χ4n) is 4.36. The maximum Gasteiger partial charge on any atom is 0.410 e. The number of oxazole rings is 1. The summed E-state index contributed by atoms with van der Waals surface area (Å²) in [5, 5.41) is 23.2. The van der Waals surface area contributed by atoms with Crippen molar-refractivity contribution in [2.45, 2.75) is 64.8 Å². The van der Waals surface area contributed by atoms with Crippen molar-refractivity contribution in [1.82, 2.24) is 9.88 Å². The fourth-order valence-corrected chi connectivity index (χ4v) is 4.36. The van der Waals surface area contributed by atoms with Crippen LogP contribution in [0, 0.1) is 11.3 Å². The second-order valence-electron chi connectivity index (χ2n) is 11.3. The second-order valence-corrected chi connectivity index (χ2v) is 11.3. The summed E-state index contributed by atoms with van der Waals surface area (Å²) < 4.78 is 17.5. The Morgan fingerprint density at radius 1 is 1.21 bits per heavy atom. The van der Waals surface area contributed by atoms with Crippen LogP contribution in [-0.4, -0.2) is 52.5 Å². The fraction of sp³-hybridized carbons (Fsp3) is 0.433. The number of nitrogens with zero attached hydrogens (tertiary/aromatic N) is 3. The maximum atomic E-state index is 12.2.